The van der Waals surface area contributed by atoms with Gasteiger partial charge in [0.15, 0.2) is 0 Å². The van der Waals surface area contributed by atoms with E-state index in [0.29, 0.717) is 19.8 Å². The van der Waals surface area contributed by atoms with Gasteiger partial charge >= 0.3 is 0 Å². The van der Waals surface area contributed by atoms with Gasteiger partial charge in [0, 0.05) is 26.2 Å². The summed E-state index contributed by atoms with van der Waals surface area (Å²) in [7, 11) is -7.60. The topological polar surface area (TPSA) is 113 Å². The van der Waals surface area contributed by atoms with Crippen molar-refractivity contribution >= 4 is 26.0 Å². The van der Waals surface area contributed by atoms with Crippen molar-refractivity contribution in [1.29, 1.82) is 0 Å². The molecule has 1 aromatic rings. The summed E-state index contributed by atoms with van der Waals surface area (Å²) < 4.78 is 58.2. The lowest BCUT2D eigenvalue weighted by Crippen LogP contribution is -2.41. The number of morpholine rings is 1. The van der Waals surface area contributed by atoms with Gasteiger partial charge in [-0.15, -0.1) is 0 Å². The minimum Gasteiger partial charge on any atom is -0.379 e. The highest BCUT2D eigenvalue weighted by Gasteiger charge is 2.28. The Morgan fingerprint density at radius 1 is 1.07 bits per heavy atom. The zero-order valence-electron chi connectivity index (χ0n) is 15.4. The molecule has 1 aliphatic heterocycles. The molecule has 27 heavy (non-hydrogen) atoms. The van der Waals surface area contributed by atoms with Crippen molar-refractivity contribution in [3.05, 3.63) is 24.3 Å². The molecule has 0 bridgehead atoms. The summed E-state index contributed by atoms with van der Waals surface area (Å²) in [5.74, 6) is -0.394. The minimum atomic E-state index is -3.91. The van der Waals surface area contributed by atoms with E-state index >= 15 is 0 Å². The van der Waals surface area contributed by atoms with Crippen molar-refractivity contribution in [3.63, 3.8) is 0 Å². The summed E-state index contributed by atoms with van der Waals surface area (Å²) in [6.07, 6.45) is 0. The maximum absolute atomic E-state index is 12.7. The second kappa shape index (κ2) is 9.11. The molecule has 1 aliphatic rings. The molecule has 2 rings (SSSR count). The third kappa shape index (κ3) is 5.05. The fourth-order valence-corrected chi connectivity index (χ4v) is 5.46. The zero-order valence-corrected chi connectivity index (χ0v) is 17.1. The molecule has 0 spiro atoms. The van der Waals surface area contributed by atoms with Crippen LogP contribution in [0.5, 0.6) is 0 Å². The molecular weight excluding hydrogens is 394 g/mol. The van der Waals surface area contributed by atoms with Gasteiger partial charge in [-0.3, -0.25) is 4.79 Å². The number of carbonyl (C=O) groups is 1. The Labute approximate surface area is 160 Å². The van der Waals surface area contributed by atoms with Gasteiger partial charge in [0.05, 0.1) is 29.5 Å². The number of hydrogen-bond donors (Lipinski definition) is 1. The number of sulfonamides is 2. The summed E-state index contributed by atoms with van der Waals surface area (Å²) in [6.45, 7) is 4.80. The van der Waals surface area contributed by atoms with Crippen LogP contribution in [0.1, 0.15) is 13.8 Å². The van der Waals surface area contributed by atoms with Crippen LogP contribution in [0.15, 0.2) is 34.1 Å². The molecule has 11 heteroatoms. The smallest absolute Gasteiger partial charge is 0.243 e. The van der Waals surface area contributed by atoms with Crippen molar-refractivity contribution in [3.8, 4) is 0 Å². The summed E-state index contributed by atoms with van der Waals surface area (Å²) in [4.78, 5) is 11.7. The Kier molecular flexibility index (Phi) is 7.34. The van der Waals surface area contributed by atoms with Crippen LogP contribution < -0.4 is 5.32 Å². The molecule has 0 aromatic heterocycles. The molecule has 1 amide bonds. The monoisotopic (exact) mass is 419 g/mol. The predicted molar refractivity (Wildman–Crippen MR) is 99.1 cm³/mol. The molecule has 1 heterocycles. The molecule has 1 fully saturated rings. The quantitative estimate of drug-likeness (QED) is 0.627. The largest absolute Gasteiger partial charge is 0.379 e. The third-order valence-electron chi connectivity index (χ3n) is 4.12. The van der Waals surface area contributed by atoms with Crippen LogP contribution in [0.2, 0.25) is 0 Å². The van der Waals surface area contributed by atoms with E-state index < -0.39 is 26.0 Å². The molecule has 152 valence electrons. The standard InChI is InChI=1S/C16H25N3O6S2/c1-3-17-16(20)13-18(4-2)26(21,22)14-5-7-15(8-6-14)27(23,24)19-9-11-25-12-10-19/h5-8H,3-4,9-13H2,1-2H3,(H,17,20). The lowest BCUT2D eigenvalue weighted by molar-refractivity contribution is -0.121. The van der Waals surface area contributed by atoms with Gasteiger partial charge < -0.3 is 10.1 Å². The number of hydrogen-bond acceptors (Lipinski definition) is 6. The van der Waals surface area contributed by atoms with Crippen molar-refractivity contribution in [2.45, 2.75) is 23.6 Å². The first-order valence-corrected chi connectivity index (χ1v) is 11.6. The van der Waals surface area contributed by atoms with Gasteiger partial charge in [-0.05, 0) is 31.2 Å². The maximum Gasteiger partial charge on any atom is 0.243 e. The van der Waals surface area contributed by atoms with Crippen LogP contribution >= 0.6 is 0 Å². The molecule has 1 saturated heterocycles. The number of ether oxygens (including phenoxy) is 1. The van der Waals surface area contributed by atoms with Gasteiger partial charge in [-0.1, -0.05) is 6.92 Å². The molecule has 1 N–H and O–H groups in total. The first kappa shape index (κ1) is 21.8. The fourth-order valence-electron chi connectivity index (χ4n) is 2.65. The van der Waals surface area contributed by atoms with Gasteiger partial charge in [0.25, 0.3) is 0 Å². The molecule has 0 radical (unpaired) electrons. The van der Waals surface area contributed by atoms with Crippen molar-refractivity contribution < 1.29 is 26.4 Å². The first-order chi connectivity index (χ1) is 12.7. The molecule has 0 atom stereocenters. The molecule has 0 aliphatic carbocycles. The lowest BCUT2D eigenvalue weighted by Gasteiger charge is -2.26. The van der Waals surface area contributed by atoms with Gasteiger partial charge in [0.1, 0.15) is 0 Å². The summed E-state index contributed by atoms with van der Waals surface area (Å²) in [6, 6.07) is 5.06. The highest BCUT2D eigenvalue weighted by Crippen LogP contribution is 2.21. The minimum absolute atomic E-state index is 0.0233. The Balaban J connectivity index is 2.23. The van der Waals surface area contributed by atoms with Crippen LogP contribution in [-0.4, -0.2) is 77.3 Å². The molecule has 0 unspecified atom stereocenters. The number of nitrogens with one attached hydrogen (secondary N) is 1. The fraction of sp³-hybridized carbons (Fsp3) is 0.562. The molecular formula is C16H25N3O6S2. The summed E-state index contributed by atoms with van der Waals surface area (Å²) >= 11 is 0. The number of benzene rings is 1. The van der Waals surface area contributed by atoms with E-state index in [4.69, 9.17) is 4.74 Å². The molecule has 0 saturated carbocycles. The zero-order chi connectivity index (χ0) is 20.1. The molecule has 1 aromatic carbocycles. The third-order valence-corrected chi connectivity index (χ3v) is 7.96. The van der Waals surface area contributed by atoms with Gasteiger partial charge in [-0.2, -0.15) is 8.61 Å². The number of rotatable bonds is 8. The Morgan fingerprint density at radius 2 is 1.63 bits per heavy atom. The van der Waals surface area contributed by atoms with Crippen LogP contribution in [0.4, 0.5) is 0 Å². The van der Waals surface area contributed by atoms with E-state index in [-0.39, 0.29) is 36.0 Å². The Bertz CT molecular complexity index is 847. The number of carbonyl (C=O) groups excluding carboxylic acids is 1. The van der Waals surface area contributed by atoms with E-state index in [1.807, 2.05) is 0 Å². The maximum atomic E-state index is 12.7. The van der Waals surface area contributed by atoms with Crippen molar-refractivity contribution in [2.75, 3.05) is 45.9 Å². The van der Waals surface area contributed by atoms with E-state index in [1.54, 1.807) is 13.8 Å². The second-order valence-corrected chi connectivity index (χ2v) is 9.75. The highest BCUT2D eigenvalue weighted by atomic mass is 32.2. The predicted octanol–water partition coefficient (Wildman–Crippen LogP) is -0.146. The highest BCUT2D eigenvalue weighted by molar-refractivity contribution is 7.89. The van der Waals surface area contributed by atoms with Gasteiger partial charge in [0.2, 0.25) is 26.0 Å². The van der Waals surface area contributed by atoms with Gasteiger partial charge in [-0.25, -0.2) is 16.8 Å². The van der Waals surface area contributed by atoms with E-state index in [2.05, 4.69) is 5.32 Å². The van der Waals surface area contributed by atoms with Crippen LogP contribution in [0.25, 0.3) is 0 Å². The van der Waals surface area contributed by atoms with Crippen LogP contribution in [-0.2, 0) is 29.6 Å². The van der Waals surface area contributed by atoms with Crippen LogP contribution in [0.3, 0.4) is 0 Å². The Morgan fingerprint density at radius 3 is 2.15 bits per heavy atom. The van der Waals surface area contributed by atoms with Crippen molar-refractivity contribution in [2.24, 2.45) is 0 Å². The number of nitrogens with zero attached hydrogens (tertiary/aromatic N) is 2. The lowest BCUT2D eigenvalue weighted by atomic mass is 10.4. The molecule has 9 nitrogen and oxygen atoms in total. The normalized spacial score (nSPS) is 16.4. The van der Waals surface area contributed by atoms with E-state index in [9.17, 15) is 21.6 Å². The van der Waals surface area contributed by atoms with Crippen molar-refractivity contribution in [1.82, 2.24) is 13.9 Å². The summed E-state index contributed by atoms with van der Waals surface area (Å²) in [5.41, 5.74) is 0. The van der Waals surface area contributed by atoms with Crippen LogP contribution in [0, 0.1) is 0 Å². The average molecular weight is 420 g/mol. The van der Waals surface area contributed by atoms with E-state index in [1.165, 1.54) is 28.6 Å². The SMILES string of the molecule is CCNC(=O)CN(CC)S(=O)(=O)c1ccc(S(=O)(=O)N2CCOCC2)cc1. The average Bonchev–Trinajstić information content (AvgIpc) is 2.67. The van der Waals surface area contributed by atoms with E-state index in [0.717, 1.165) is 4.31 Å². The number of amides is 1. The first-order valence-electron chi connectivity index (χ1n) is 8.68. The summed E-state index contributed by atoms with van der Waals surface area (Å²) in [5, 5.41) is 2.56. The Hall–Kier alpha value is -1.53. The number of likely N-dealkylation sites (N-methyl/N-ethyl adjacent to an activating group) is 2. The second-order valence-electron chi connectivity index (χ2n) is 5.87.